The molecule has 1 aromatic heterocycles. The molecule has 1 atom stereocenters. The molecule has 110 valence electrons. The lowest BCUT2D eigenvalue weighted by molar-refractivity contribution is -0.139. The summed E-state index contributed by atoms with van der Waals surface area (Å²) in [5.41, 5.74) is 0.0404. The highest BCUT2D eigenvalue weighted by molar-refractivity contribution is 7.98. The molecule has 0 fully saturated rings. The molecule has 8 heteroatoms. The van der Waals surface area contributed by atoms with Crippen molar-refractivity contribution < 1.29 is 14.7 Å². The van der Waals surface area contributed by atoms with Crippen LogP contribution in [0.15, 0.2) is 9.82 Å². The van der Waals surface area contributed by atoms with Gasteiger partial charge >= 0.3 is 11.7 Å². The predicted molar refractivity (Wildman–Crippen MR) is 75.2 cm³/mol. The van der Waals surface area contributed by atoms with E-state index in [4.69, 9.17) is 5.11 Å². The zero-order valence-corrected chi connectivity index (χ0v) is 12.3. The number of rotatable bonds is 6. The topological polar surface area (TPSA) is 112 Å². The lowest BCUT2D eigenvalue weighted by atomic mass is 10.1. The summed E-state index contributed by atoms with van der Waals surface area (Å²) in [5.74, 6) is -1.63. The third-order valence-corrected chi connectivity index (χ3v) is 3.37. The van der Waals surface area contributed by atoms with Crippen LogP contribution in [-0.4, -0.2) is 39.2 Å². The molecule has 1 heterocycles. The van der Waals surface area contributed by atoms with E-state index in [9.17, 15) is 14.4 Å². The quantitative estimate of drug-likeness (QED) is 0.528. The average molecular weight is 299 g/mol. The Morgan fingerprint density at radius 3 is 2.65 bits per heavy atom. The number of aromatic amines is 1. The van der Waals surface area contributed by atoms with Crippen LogP contribution in [0.3, 0.4) is 0 Å². The molecule has 0 aliphatic heterocycles. The number of carboxylic acids is 1. The number of nitrogens with one attached hydrogen (secondary N) is 2. The molecule has 0 saturated carbocycles. The van der Waals surface area contributed by atoms with Gasteiger partial charge in [0.15, 0.2) is 0 Å². The third-order valence-electron chi connectivity index (χ3n) is 2.69. The van der Waals surface area contributed by atoms with Gasteiger partial charge in [0.1, 0.15) is 11.1 Å². The van der Waals surface area contributed by atoms with E-state index in [2.05, 4.69) is 15.3 Å². The third kappa shape index (κ3) is 3.83. The summed E-state index contributed by atoms with van der Waals surface area (Å²) < 4.78 is 0. The van der Waals surface area contributed by atoms with Crippen LogP contribution in [0.1, 0.15) is 35.8 Å². The molecule has 0 radical (unpaired) electrons. The molecule has 0 aromatic carbocycles. The van der Waals surface area contributed by atoms with E-state index in [-0.39, 0.29) is 10.6 Å². The van der Waals surface area contributed by atoms with Crippen molar-refractivity contribution in [1.29, 1.82) is 0 Å². The molecule has 0 bridgehead atoms. The summed E-state index contributed by atoms with van der Waals surface area (Å²) in [4.78, 5) is 40.7. The second-order valence-electron chi connectivity index (χ2n) is 4.20. The Bertz CT molecular complexity index is 570. The van der Waals surface area contributed by atoms with Crippen LogP contribution in [0.25, 0.3) is 0 Å². The van der Waals surface area contributed by atoms with Crippen molar-refractivity contribution in [3.8, 4) is 0 Å². The fraction of sp³-hybridized carbons (Fsp3) is 0.500. The molecule has 1 rings (SSSR count). The lowest BCUT2D eigenvalue weighted by Gasteiger charge is -2.15. The number of carboxylic acid groups (broad SMARTS) is 1. The largest absolute Gasteiger partial charge is 0.480 e. The maximum atomic E-state index is 12.2. The first-order valence-electron chi connectivity index (χ1n) is 6.09. The van der Waals surface area contributed by atoms with Crippen molar-refractivity contribution in [2.45, 2.75) is 37.8 Å². The van der Waals surface area contributed by atoms with Gasteiger partial charge in [0.2, 0.25) is 0 Å². The van der Waals surface area contributed by atoms with Crippen molar-refractivity contribution in [3.05, 3.63) is 21.7 Å². The van der Waals surface area contributed by atoms with E-state index in [0.29, 0.717) is 18.5 Å². The zero-order valence-electron chi connectivity index (χ0n) is 11.5. The van der Waals surface area contributed by atoms with Gasteiger partial charge in [0, 0.05) is 5.69 Å². The van der Waals surface area contributed by atoms with Gasteiger partial charge in [-0.15, -0.1) is 11.8 Å². The number of nitrogens with zero attached hydrogens (tertiary/aromatic N) is 1. The van der Waals surface area contributed by atoms with E-state index >= 15 is 0 Å². The van der Waals surface area contributed by atoms with Gasteiger partial charge in [-0.3, -0.25) is 4.79 Å². The highest BCUT2D eigenvalue weighted by Gasteiger charge is 2.23. The highest BCUT2D eigenvalue weighted by atomic mass is 32.2. The van der Waals surface area contributed by atoms with Crippen molar-refractivity contribution in [3.63, 3.8) is 0 Å². The first kappa shape index (κ1) is 16.2. The highest BCUT2D eigenvalue weighted by Crippen LogP contribution is 2.18. The molecule has 3 N–H and O–H groups in total. The van der Waals surface area contributed by atoms with E-state index in [1.54, 1.807) is 13.2 Å². The molecular formula is C12H17N3O4S. The van der Waals surface area contributed by atoms with Gasteiger partial charge in [-0.05, 0) is 19.6 Å². The van der Waals surface area contributed by atoms with Crippen LogP contribution in [0.4, 0.5) is 0 Å². The number of hydrogen-bond donors (Lipinski definition) is 3. The number of carbonyl (C=O) groups excluding carboxylic acids is 1. The van der Waals surface area contributed by atoms with Gasteiger partial charge in [-0.25, -0.2) is 9.59 Å². The van der Waals surface area contributed by atoms with Gasteiger partial charge in [-0.1, -0.05) is 13.3 Å². The van der Waals surface area contributed by atoms with E-state index in [1.807, 2.05) is 6.92 Å². The maximum Gasteiger partial charge on any atom is 0.346 e. The SMILES string of the molecule is CCC[C@@H](NC(=O)c1c(SC)nc(=O)[nH]c1C)C(=O)O. The standard InChI is InChI=1S/C12H17N3O4S/c1-4-5-7(11(17)18)14-9(16)8-6(2)13-12(19)15-10(8)20-3/h7H,4-5H2,1-3H3,(H,14,16)(H,17,18)(H,13,15,19)/t7-/m1/s1. The van der Waals surface area contributed by atoms with Crippen LogP contribution < -0.4 is 11.0 Å². The predicted octanol–water partition coefficient (Wildman–Crippen LogP) is 0.783. The zero-order chi connectivity index (χ0) is 15.3. The number of hydrogen-bond acceptors (Lipinski definition) is 5. The minimum absolute atomic E-state index is 0.208. The smallest absolute Gasteiger partial charge is 0.346 e. The second-order valence-corrected chi connectivity index (χ2v) is 5.00. The molecular weight excluding hydrogens is 282 g/mol. The molecule has 0 saturated heterocycles. The average Bonchev–Trinajstić information content (AvgIpc) is 2.36. The summed E-state index contributed by atoms with van der Waals surface area (Å²) >= 11 is 1.16. The van der Waals surface area contributed by atoms with Gasteiger partial charge in [0.25, 0.3) is 5.91 Å². The van der Waals surface area contributed by atoms with Crippen molar-refractivity contribution in [2.24, 2.45) is 0 Å². The maximum absolute atomic E-state index is 12.2. The molecule has 0 spiro atoms. The first-order chi connectivity index (χ1) is 9.40. The number of aliphatic carboxylic acids is 1. The van der Waals surface area contributed by atoms with Crippen LogP contribution >= 0.6 is 11.8 Å². The van der Waals surface area contributed by atoms with Crippen molar-refractivity contribution in [2.75, 3.05) is 6.26 Å². The molecule has 0 aliphatic rings. The molecule has 1 aromatic rings. The monoisotopic (exact) mass is 299 g/mol. The minimum Gasteiger partial charge on any atom is -0.480 e. The molecule has 20 heavy (non-hydrogen) atoms. The minimum atomic E-state index is -1.08. The van der Waals surface area contributed by atoms with E-state index < -0.39 is 23.6 Å². The van der Waals surface area contributed by atoms with E-state index in [0.717, 1.165) is 11.8 Å². The van der Waals surface area contributed by atoms with Gasteiger partial charge < -0.3 is 15.4 Å². The number of carbonyl (C=O) groups is 2. The Morgan fingerprint density at radius 2 is 2.15 bits per heavy atom. The van der Waals surface area contributed by atoms with Gasteiger partial charge in [0.05, 0.1) is 5.56 Å². The second kappa shape index (κ2) is 7.09. The number of aromatic nitrogens is 2. The summed E-state index contributed by atoms with van der Waals surface area (Å²) in [6.45, 7) is 3.41. The summed E-state index contributed by atoms with van der Waals surface area (Å²) in [5, 5.41) is 11.8. The summed E-state index contributed by atoms with van der Waals surface area (Å²) in [7, 11) is 0. The van der Waals surface area contributed by atoms with Crippen LogP contribution in [0.5, 0.6) is 0 Å². The van der Waals surface area contributed by atoms with Crippen molar-refractivity contribution in [1.82, 2.24) is 15.3 Å². The Balaban J connectivity index is 3.08. The molecule has 0 unspecified atom stereocenters. The van der Waals surface area contributed by atoms with Crippen LogP contribution in [0, 0.1) is 6.92 Å². The Hall–Kier alpha value is -1.83. The lowest BCUT2D eigenvalue weighted by Crippen LogP contribution is -2.41. The number of amides is 1. The van der Waals surface area contributed by atoms with E-state index in [1.165, 1.54) is 0 Å². The number of aryl methyl sites for hydroxylation is 1. The molecule has 1 amide bonds. The summed E-state index contributed by atoms with van der Waals surface area (Å²) in [6.07, 6.45) is 2.67. The van der Waals surface area contributed by atoms with Gasteiger partial charge in [-0.2, -0.15) is 4.98 Å². The summed E-state index contributed by atoms with van der Waals surface area (Å²) in [6, 6.07) is -0.950. The normalized spacial score (nSPS) is 11.9. The fourth-order valence-electron chi connectivity index (χ4n) is 1.75. The van der Waals surface area contributed by atoms with Crippen LogP contribution in [-0.2, 0) is 4.79 Å². The number of thioether (sulfide) groups is 1. The number of H-pyrrole nitrogens is 1. The Morgan fingerprint density at radius 1 is 1.50 bits per heavy atom. The Kier molecular flexibility index (Phi) is 5.75. The fourth-order valence-corrected chi connectivity index (χ4v) is 2.38. The van der Waals surface area contributed by atoms with Crippen molar-refractivity contribution >= 4 is 23.6 Å². The first-order valence-corrected chi connectivity index (χ1v) is 7.31. The molecule has 0 aliphatic carbocycles. The van der Waals surface area contributed by atoms with Crippen LogP contribution in [0.2, 0.25) is 0 Å². The molecule has 7 nitrogen and oxygen atoms in total. The Labute approximate surface area is 120 Å².